The Hall–Kier alpha value is -2.81. The molecule has 0 aromatic carbocycles. The lowest BCUT2D eigenvalue weighted by Crippen LogP contribution is -2.44. The van der Waals surface area contributed by atoms with Gasteiger partial charge in [0.15, 0.2) is 5.82 Å². The molecule has 0 bridgehead atoms. The van der Waals surface area contributed by atoms with Gasteiger partial charge in [-0.25, -0.2) is 9.78 Å². The van der Waals surface area contributed by atoms with Crippen LogP contribution in [-0.2, 0) is 19.6 Å². The third-order valence-corrected chi connectivity index (χ3v) is 4.66. The minimum absolute atomic E-state index is 0.257. The molecule has 1 saturated carbocycles. The maximum absolute atomic E-state index is 12.3. The van der Waals surface area contributed by atoms with Gasteiger partial charge in [0.2, 0.25) is 0 Å². The van der Waals surface area contributed by atoms with Crippen molar-refractivity contribution in [2.75, 3.05) is 0 Å². The summed E-state index contributed by atoms with van der Waals surface area (Å²) in [6, 6.07) is 1.60. The Bertz CT molecular complexity index is 1070. The van der Waals surface area contributed by atoms with Gasteiger partial charge in [0.25, 0.3) is 11.4 Å². The average Bonchev–Trinajstić information content (AvgIpc) is 3.05. The lowest BCUT2D eigenvalue weighted by molar-refractivity contribution is 0.229. The molecule has 3 aromatic heterocycles. The smallest absolute Gasteiger partial charge is 0.332 e. The van der Waals surface area contributed by atoms with E-state index in [-0.39, 0.29) is 5.89 Å². The zero-order chi connectivity index (χ0) is 17.1. The van der Waals surface area contributed by atoms with Gasteiger partial charge in [-0.3, -0.25) is 13.9 Å². The zero-order valence-corrected chi connectivity index (χ0v) is 13.3. The first-order valence-corrected chi connectivity index (χ1v) is 7.60. The standard InChI is InChI=1S/C15H16N6O3/c1-20-10-9(12(22)21(2)14(20)23)6-8(7-17-10)11-18-13(19-24-11)15(16)4-3-5-15/h6-7H,3-5,16H2,1-2H3. The summed E-state index contributed by atoms with van der Waals surface area (Å²) in [7, 11) is 2.99. The second kappa shape index (κ2) is 4.84. The van der Waals surface area contributed by atoms with Crippen LogP contribution in [0, 0.1) is 0 Å². The van der Waals surface area contributed by atoms with Crippen molar-refractivity contribution in [2.45, 2.75) is 24.8 Å². The van der Waals surface area contributed by atoms with Crippen LogP contribution in [-0.4, -0.2) is 24.3 Å². The minimum Gasteiger partial charge on any atom is -0.334 e. The van der Waals surface area contributed by atoms with Gasteiger partial charge < -0.3 is 10.3 Å². The number of nitrogens with two attached hydrogens (primary N) is 1. The number of rotatable bonds is 2. The molecule has 1 aliphatic carbocycles. The first-order chi connectivity index (χ1) is 11.4. The highest BCUT2D eigenvalue weighted by Crippen LogP contribution is 2.37. The molecule has 0 aliphatic heterocycles. The fourth-order valence-corrected chi connectivity index (χ4v) is 2.91. The molecular formula is C15H16N6O3. The molecule has 9 heteroatoms. The number of hydrogen-bond donors (Lipinski definition) is 1. The molecule has 0 unspecified atom stereocenters. The van der Waals surface area contributed by atoms with Crippen LogP contribution in [0.5, 0.6) is 0 Å². The van der Waals surface area contributed by atoms with Crippen molar-refractivity contribution >= 4 is 11.0 Å². The van der Waals surface area contributed by atoms with Gasteiger partial charge in [-0.2, -0.15) is 4.98 Å². The molecule has 1 fully saturated rings. The monoisotopic (exact) mass is 328 g/mol. The van der Waals surface area contributed by atoms with E-state index in [4.69, 9.17) is 10.3 Å². The molecule has 1 aliphatic rings. The summed E-state index contributed by atoms with van der Waals surface area (Å²) in [5.41, 5.74) is 5.65. The van der Waals surface area contributed by atoms with E-state index in [1.807, 2.05) is 0 Å². The molecule has 0 saturated heterocycles. The van der Waals surface area contributed by atoms with Crippen LogP contribution in [0.15, 0.2) is 26.4 Å². The van der Waals surface area contributed by atoms with Crippen molar-refractivity contribution in [3.8, 4) is 11.5 Å². The van der Waals surface area contributed by atoms with E-state index >= 15 is 0 Å². The fraction of sp³-hybridized carbons (Fsp3) is 0.400. The van der Waals surface area contributed by atoms with Crippen molar-refractivity contribution in [3.05, 3.63) is 38.9 Å². The first-order valence-electron chi connectivity index (χ1n) is 7.60. The van der Waals surface area contributed by atoms with Gasteiger partial charge >= 0.3 is 5.69 Å². The van der Waals surface area contributed by atoms with Gasteiger partial charge in [-0.05, 0) is 25.3 Å². The van der Waals surface area contributed by atoms with Gasteiger partial charge in [-0.15, -0.1) is 0 Å². The van der Waals surface area contributed by atoms with Crippen LogP contribution in [0.4, 0.5) is 0 Å². The number of aromatic nitrogens is 5. The molecule has 0 atom stereocenters. The number of fused-ring (bicyclic) bond motifs is 1. The Balaban J connectivity index is 1.87. The summed E-state index contributed by atoms with van der Waals surface area (Å²) in [5, 5.41) is 4.27. The van der Waals surface area contributed by atoms with E-state index in [1.54, 1.807) is 13.1 Å². The second-order valence-electron chi connectivity index (χ2n) is 6.23. The van der Waals surface area contributed by atoms with Crippen LogP contribution in [0.1, 0.15) is 25.1 Å². The summed E-state index contributed by atoms with van der Waals surface area (Å²) < 4.78 is 7.65. The SMILES string of the molecule is Cn1c(=O)c2cc(-c3nc(C4(N)CCC4)no3)cnc2n(C)c1=O. The maximum Gasteiger partial charge on any atom is 0.332 e. The van der Waals surface area contributed by atoms with Crippen molar-refractivity contribution < 1.29 is 4.52 Å². The summed E-state index contributed by atoms with van der Waals surface area (Å²) in [5.74, 6) is 0.726. The summed E-state index contributed by atoms with van der Waals surface area (Å²) in [6.45, 7) is 0. The van der Waals surface area contributed by atoms with Crippen LogP contribution >= 0.6 is 0 Å². The Morgan fingerprint density at radius 1 is 1.25 bits per heavy atom. The summed E-state index contributed by atoms with van der Waals surface area (Å²) in [4.78, 5) is 32.8. The largest absolute Gasteiger partial charge is 0.334 e. The number of pyridine rings is 1. The molecule has 4 rings (SSSR count). The van der Waals surface area contributed by atoms with Gasteiger partial charge in [0.05, 0.1) is 16.5 Å². The highest BCUT2D eigenvalue weighted by molar-refractivity contribution is 5.78. The molecule has 3 aromatic rings. The van der Waals surface area contributed by atoms with Crippen LogP contribution in [0.25, 0.3) is 22.5 Å². The topological polar surface area (TPSA) is 122 Å². The zero-order valence-electron chi connectivity index (χ0n) is 13.3. The maximum atomic E-state index is 12.3. The molecule has 3 heterocycles. The molecule has 124 valence electrons. The normalized spacial score (nSPS) is 16.3. The van der Waals surface area contributed by atoms with Gasteiger partial charge in [-0.1, -0.05) is 5.16 Å². The molecule has 9 nitrogen and oxygen atoms in total. The molecule has 0 radical (unpaired) electrons. The van der Waals surface area contributed by atoms with Crippen molar-refractivity contribution in [1.29, 1.82) is 0 Å². The average molecular weight is 328 g/mol. The Labute approximate surface area is 135 Å². The molecule has 24 heavy (non-hydrogen) atoms. The Morgan fingerprint density at radius 2 is 2.00 bits per heavy atom. The van der Waals surface area contributed by atoms with E-state index in [9.17, 15) is 9.59 Å². The number of aryl methyl sites for hydroxylation is 1. The van der Waals surface area contributed by atoms with Crippen LogP contribution in [0.3, 0.4) is 0 Å². The number of nitrogens with zero attached hydrogens (tertiary/aromatic N) is 5. The van der Waals surface area contributed by atoms with E-state index in [2.05, 4.69) is 15.1 Å². The third-order valence-electron chi connectivity index (χ3n) is 4.66. The van der Waals surface area contributed by atoms with E-state index in [0.29, 0.717) is 22.4 Å². The molecule has 0 amide bonds. The quantitative estimate of drug-likeness (QED) is 0.703. The van der Waals surface area contributed by atoms with Crippen molar-refractivity contribution in [2.24, 2.45) is 19.8 Å². The molecule has 0 spiro atoms. The lowest BCUT2D eigenvalue weighted by Gasteiger charge is -2.34. The first kappa shape index (κ1) is 14.8. The van der Waals surface area contributed by atoms with Crippen molar-refractivity contribution in [3.63, 3.8) is 0 Å². The van der Waals surface area contributed by atoms with Crippen molar-refractivity contribution in [1.82, 2.24) is 24.3 Å². The lowest BCUT2D eigenvalue weighted by atomic mass is 9.77. The van der Waals surface area contributed by atoms with Gasteiger partial charge in [0.1, 0.15) is 5.65 Å². The van der Waals surface area contributed by atoms with Crippen LogP contribution in [0.2, 0.25) is 0 Å². The van der Waals surface area contributed by atoms with Gasteiger partial charge in [0, 0.05) is 20.3 Å². The van der Waals surface area contributed by atoms with E-state index in [1.165, 1.54) is 17.8 Å². The fourth-order valence-electron chi connectivity index (χ4n) is 2.91. The predicted octanol–water partition coefficient (Wildman–Crippen LogP) is 0.0201. The highest BCUT2D eigenvalue weighted by Gasteiger charge is 2.39. The predicted molar refractivity (Wildman–Crippen MR) is 85.2 cm³/mol. The minimum atomic E-state index is -0.522. The number of hydrogen-bond acceptors (Lipinski definition) is 7. The Morgan fingerprint density at radius 3 is 2.67 bits per heavy atom. The van der Waals surface area contributed by atoms with E-state index < -0.39 is 16.8 Å². The summed E-state index contributed by atoms with van der Waals surface area (Å²) >= 11 is 0. The van der Waals surface area contributed by atoms with Crippen LogP contribution < -0.4 is 17.0 Å². The third kappa shape index (κ3) is 1.94. The molecular weight excluding hydrogens is 312 g/mol. The summed E-state index contributed by atoms with van der Waals surface area (Å²) in [6.07, 6.45) is 4.19. The second-order valence-corrected chi connectivity index (χ2v) is 6.23. The Kier molecular flexibility index (Phi) is 2.98. The molecule has 2 N–H and O–H groups in total. The highest BCUT2D eigenvalue weighted by atomic mass is 16.5. The van der Waals surface area contributed by atoms with E-state index in [0.717, 1.165) is 23.8 Å².